The van der Waals surface area contributed by atoms with Gasteiger partial charge in [0.05, 0.1) is 5.02 Å². The van der Waals surface area contributed by atoms with E-state index in [1.807, 2.05) is 24.3 Å². The highest BCUT2D eigenvalue weighted by Gasteiger charge is 1.97. The van der Waals surface area contributed by atoms with Crippen molar-refractivity contribution in [2.24, 2.45) is 0 Å². The summed E-state index contributed by atoms with van der Waals surface area (Å²) in [5.41, 5.74) is 2.56. The van der Waals surface area contributed by atoms with Gasteiger partial charge in [0.15, 0.2) is 0 Å². The summed E-state index contributed by atoms with van der Waals surface area (Å²) in [6, 6.07) is 12.0. The third-order valence-electron chi connectivity index (χ3n) is 2.45. The third-order valence-corrected chi connectivity index (χ3v) is 2.67. The topological polar surface area (TPSA) is 24.9 Å². The number of aryl methyl sites for hydroxylation is 1. The molecule has 0 aliphatic carbocycles. The van der Waals surface area contributed by atoms with Crippen molar-refractivity contribution in [1.82, 2.24) is 4.98 Å². The number of aromatic nitrogens is 1. The first-order chi connectivity index (χ1) is 7.75. The van der Waals surface area contributed by atoms with Gasteiger partial charge in [0.1, 0.15) is 5.82 Å². The van der Waals surface area contributed by atoms with E-state index in [9.17, 15) is 0 Å². The predicted molar refractivity (Wildman–Crippen MR) is 67.8 cm³/mol. The molecule has 2 nitrogen and oxygen atoms in total. The third kappa shape index (κ3) is 2.74. The molecule has 0 aliphatic rings. The van der Waals surface area contributed by atoms with Gasteiger partial charge in [-0.15, -0.1) is 0 Å². The Morgan fingerprint density at radius 3 is 2.69 bits per heavy atom. The van der Waals surface area contributed by atoms with Crippen LogP contribution in [-0.4, -0.2) is 4.98 Å². The highest BCUT2D eigenvalue weighted by Crippen LogP contribution is 2.12. The highest BCUT2D eigenvalue weighted by molar-refractivity contribution is 6.30. The molecule has 82 valence electrons. The molecule has 2 rings (SSSR count). The predicted octanol–water partition coefficient (Wildman–Crippen LogP) is 3.66. The summed E-state index contributed by atoms with van der Waals surface area (Å²) in [4.78, 5) is 4.18. The Bertz CT molecular complexity index is 466. The molecular weight excluding hydrogens is 220 g/mol. The first-order valence-electron chi connectivity index (χ1n) is 5.15. The summed E-state index contributed by atoms with van der Waals surface area (Å²) < 4.78 is 0. The van der Waals surface area contributed by atoms with Crippen LogP contribution in [0.1, 0.15) is 11.1 Å². The van der Waals surface area contributed by atoms with Gasteiger partial charge in [-0.1, -0.05) is 35.9 Å². The molecule has 0 fully saturated rings. The summed E-state index contributed by atoms with van der Waals surface area (Å²) in [6.45, 7) is 2.88. The number of nitrogens with one attached hydrogen (secondary N) is 1. The molecule has 0 spiro atoms. The number of pyridine rings is 1. The van der Waals surface area contributed by atoms with Crippen molar-refractivity contribution in [3.8, 4) is 0 Å². The van der Waals surface area contributed by atoms with E-state index in [4.69, 9.17) is 11.6 Å². The fourth-order valence-electron chi connectivity index (χ4n) is 1.47. The molecule has 0 amide bonds. The van der Waals surface area contributed by atoms with Crippen LogP contribution in [0.4, 0.5) is 5.82 Å². The van der Waals surface area contributed by atoms with Crippen LogP contribution in [0.25, 0.3) is 0 Å². The smallest absolute Gasteiger partial charge is 0.126 e. The zero-order valence-corrected chi connectivity index (χ0v) is 9.83. The summed E-state index contributed by atoms with van der Waals surface area (Å²) in [5, 5.41) is 3.91. The van der Waals surface area contributed by atoms with Crippen molar-refractivity contribution in [2.75, 3.05) is 5.32 Å². The summed E-state index contributed by atoms with van der Waals surface area (Å²) in [5.74, 6) is 0.840. The van der Waals surface area contributed by atoms with Crippen LogP contribution >= 0.6 is 11.6 Å². The average Bonchev–Trinajstić information content (AvgIpc) is 2.30. The maximum atomic E-state index is 5.76. The number of hydrogen-bond acceptors (Lipinski definition) is 2. The zero-order chi connectivity index (χ0) is 11.4. The van der Waals surface area contributed by atoms with E-state index in [2.05, 4.69) is 29.4 Å². The van der Waals surface area contributed by atoms with Crippen LogP contribution in [-0.2, 0) is 6.54 Å². The summed E-state index contributed by atoms with van der Waals surface area (Å²) in [6.07, 6.45) is 1.64. The molecule has 0 unspecified atom stereocenters. The molecule has 1 aromatic heterocycles. The molecule has 1 N–H and O–H groups in total. The van der Waals surface area contributed by atoms with E-state index < -0.39 is 0 Å². The minimum Gasteiger partial charge on any atom is -0.366 e. The Balaban J connectivity index is 2.02. The molecule has 0 radical (unpaired) electrons. The number of anilines is 1. The first kappa shape index (κ1) is 11.0. The van der Waals surface area contributed by atoms with Gasteiger partial charge >= 0.3 is 0 Å². The van der Waals surface area contributed by atoms with Crippen molar-refractivity contribution in [3.63, 3.8) is 0 Å². The molecular formula is C13H13ClN2. The monoisotopic (exact) mass is 232 g/mol. The summed E-state index contributed by atoms with van der Waals surface area (Å²) >= 11 is 5.76. The maximum absolute atomic E-state index is 5.76. The molecule has 0 saturated heterocycles. The second-order valence-electron chi connectivity index (χ2n) is 3.64. The van der Waals surface area contributed by atoms with Gasteiger partial charge in [-0.05, 0) is 30.2 Å². The van der Waals surface area contributed by atoms with Crippen molar-refractivity contribution in [1.29, 1.82) is 0 Å². The maximum Gasteiger partial charge on any atom is 0.126 e. The van der Waals surface area contributed by atoms with Crippen molar-refractivity contribution in [3.05, 3.63) is 58.7 Å². The van der Waals surface area contributed by atoms with E-state index >= 15 is 0 Å². The highest BCUT2D eigenvalue weighted by atomic mass is 35.5. The van der Waals surface area contributed by atoms with Crippen molar-refractivity contribution >= 4 is 17.4 Å². The van der Waals surface area contributed by atoms with Gasteiger partial charge < -0.3 is 5.32 Å². The second-order valence-corrected chi connectivity index (χ2v) is 4.08. The molecule has 0 bridgehead atoms. The number of halogens is 1. The van der Waals surface area contributed by atoms with E-state index in [1.165, 1.54) is 11.1 Å². The van der Waals surface area contributed by atoms with E-state index in [1.54, 1.807) is 6.20 Å². The molecule has 16 heavy (non-hydrogen) atoms. The number of nitrogens with zero attached hydrogens (tertiary/aromatic N) is 1. The minimum absolute atomic E-state index is 0.654. The van der Waals surface area contributed by atoms with Gasteiger partial charge in [-0.25, -0.2) is 4.98 Å². The Labute approximate surface area is 100 Å². The molecule has 1 heterocycles. The second kappa shape index (κ2) is 4.99. The Morgan fingerprint density at radius 1 is 1.19 bits per heavy atom. The Morgan fingerprint density at radius 2 is 2.00 bits per heavy atom. The number of hydrogen-bond donors (Lipinski definition) is 1. The fraction of sp³-hybridized carbons (Fsp3) is 0.154. The average molecular weight is 233 g/mol. The molecule has 2 aromatic rings. The van der Waals surface area contributed by atoms with Gasteiger partial charge in [0.2, 0.25) is 0 Å². The van der Waals surface area contributed by atoms with Gasteiger partial charge in [-0.3, -0.25) is 0 Å². The lowest BCUT2D eigenvalue weighted by Gasteiger charge is -2.07. The van der Waals surface area contributed by atoms with E-state index in [-0.39, 0.29) is 0 Å². The molecule has 0 atom stereocenters. The van der Waals surface area contributed by atoms with Crippen LogP contribution in [0.15, 0.2) is 42.6 Å². The molecule has 0 aliphatic heterocycles. The zero-order valence-electron chi connectivity index (χ0n) is 9.07. The van der Waals surface area contributed by atoms with Gasteiger partial charge in [-0.2, -0.15) is 0 Å². The largest absolute Gasteiger partial charge is 0.366 e. The van der Waals surface area contributed by atoms with Crippen molar-refractivity contribution < 1.29 is 0 Å². The fourth-order valence-corrected chi connectivity index (χ4v) is 1.59. The SMILES string of the molecule is Cc1ccccc1CNc1ccc(Cl)cn1. The van der Waals surface area contributed by atoms with Crippen LogP contribution in [0.5, 0.6) is 0 Å². The minimum atomic E-state index is 0.654. The lowest BCUT2D eigenvalue weighted by molar-refractivity contribution is 1.09. The summed E-state index contributed by atoms with van der Waals surface area (Å²) in [7, 11) is 0. The number of benzene rings is 1. The lowest BCUT2D eigenvalue weighted by Crippen LogP contribution is -2.02. The van der Waals surface area contributed by atoms with Crippen LogP contribution in [0, 0.1) is 6.92 Å². The standard InChI is InChI=1S/C13H13ClN2/c1-10-4-2-3-5-11(10)8-15-13-7-6-12(14)9-16-13/h2-7,9H,8H2,1H3,(H,15,16). The Kier molecular flexibility index (Phi) is 3.42. The van der Waals surface area contributed by atoms with Gasteiger partial charge in [0, 0.05) is 12.7 Å². The molecule has 1 aromatic carbocycles. The van der Waals surface area contributed by atoms with Gasteiger partial charge in [0.25, 0.3) is 0 Å². The lowest BCUT2D eigenvalue weighted by atomic mass is 10.1. The Hall–Kier alpha value is -1.54. The molecule has 0 saturated carbocycles. The molecule has 3 heteroatoms. The van der Waals surface area contributed by atoms with Crippen LogP contribution in [0.2, 0.25) is 5.02 Å². The van der Waals surface area contributed by atoms with E-state index in [0.717, 1.165) is 12.4 Å². The quantitative estimate of drug-likeness (QED) is 0.874. The van der Waals surface area contributed by atoms with Crippen LogP contribution < -0.4 is 5.32 Å². The van der Waals surface area contributed by atoms with Crippen molar-refractivity contribution in [2.45, 2.75) is 13.5 Å². The van der Waals surface area contributed by atoms with E-state index in [0.29, 0.717) is 5.02 Å². The normalized spacial score (nSPS) is 10.1. The van der Waals surface area contributed by atoms with Crippen LogP contribution in [0.3, 0.4) is 0 Å². The first-order valence-corrected chi connectivity index (χ1v) is 5.53. The number of rotatable bonds is 3.